The topological polar surface area (TPSA) is 112 Å². The molecule has 0 atom stereocenters. The van der Waals surface area contributed by atoms with E-state index >= 15 is 0 Å². The monoisotopic (exact) mass is 694 g/mol. The lowest BCUT2D eigenvalue weighted by atomic mass is 9.89. The van der Waals surface area contributed by atoms with E-state index in [1.807, 2.05) is 76.2 Å². The lowest BCUT2D eigenvalue weighted by Gasteiger charge is -2.41. The average Bonchev–Trinajstić information content (AvgIpc) is 3.10. The van der Waals surface area contributed by atoms with Crippen LogP contribution in [0.5, 0.6) is 0 Å². The number of methoxy groups -OCH3 is 2. The summed E-state index contributed by atoms with van der Waals surface area (Å²) in [5, 5.41) is 0. The number of esters is 2. The van der Waals surface area contributed by atoms with Gasteiger partial charge in [0.25, 0.3) is 11.8 Å². The van der Waals surface area contributed by atoms with E-state index in [1.54, 1.807) is 9.80 Å². The minimum Gasteiger partial charge on any atom is -0.469 e. The lowest BCUT2D eigenvalue weighted by Crippen LogP contribution is -2.52. The molecular weight excluding hydrogens is 636 g/mol. The van der Waals surface area contributed by atoms with Gasteiger partial charge < -0.3 is 28.7 Å². The Kier molecular flexibility index (Phi) is 16.4. The molecule has 276 valence electrons. The van der Waals surface area contributed by atoms with Crippen molar-refractivity contribution in [3.8, 4) is 0 Å². The van der Waals surface area contributed by atoms with E-state index in [2.05, 4.69) is 0 Å². The normalized spacial score (nSPS) is 19.2. The molecule has 1 aliphatic rings. The number of hydrogen-bond acceptors (Lipinski definition) is 8. The fourth-order valence-corrected chi connectivity index (χ4v) is 5.80. The molecule has 0 aliphatic carbocycles. The smallest absolute Gasteiger partial charge is 0.309 e. The van der Waals surface area contributed by atoms with Crippen molar-refractivity contribution < 1.29 is 38.1 Å². The number of benzene rings is 2. The van der Waals surface area contributed by atoms with Gasteiger partial charge in [-0.3, -0.25) is 19.2 Å². The van der Waals surface area contributed by atoms with Gasteiger partial charge in [-0.2, -0.15) is 0 Å². The summed E-state index contributed by atoms with van der Waals surface area (Å²) in [4.78, 5) is 54.5. The van der Waals surface area contributed by atoms with Crippen LogP contribution in [-0.2, 0) is 51.0 Å². The summed E-state index contributed by atoms with van der Waals surface area (Å²) in [6.07, 6.45) is 11.1. The molecule has 2 aromatic rings. The molecule has 2 amide bonds. The van der Waals surface area contributed by atoms with Crippen LogP contribution < -0.4 is 9.80 Å². The maximum atomic E-state index is 13.7. The summed E-state index contributed by atoms with van der Waals surface area (Å²) in [6, 6.07) is 14.8. The summed E-state index contributed by atoms with van der Waals surface area (Å²) in [6.45, 7) is 8.27. The molecular formula is C40H58N2O8. The maximum absolute atomic E-state index is 13.7. The molecule has 3 rings (SSSR count). The molecule has 0 N–H and O–H groups in total. The third-order valence-electron chi connectivity index (χ3n) is 9.83. The van der Waals surface area contributed by atoms with Gasteiger partial charge in [0.1, 0.15) is 13.2 Å². The van der Waals surface area contributed by atoms with E-state index < -0.39 is 11.2 Å². The number of ether oxygens (including phenoxy) is 4. The Hall–Kier alpha value is -3.76. The highest BCUT2D eigenvalue weighted by atomic mass is 16.6. The Morgan fingerprint density at radius 3 is 1.16 bits per heavy atom. The first-order valence-electron chi connectivity index (χ1n) is 18.1. The first-order valence-corrected chi connectivity index (χ1v) is 18.1. The second kappa shape index (κ2) is 20.2. The average molecular weight is 695 g/mol. The van der Waals surface area contributed by atoms with Crippen molar-refractivity contribution in [2.45, 2.75) is 116 Å². The van der Waals surface area contributed by atoms with Gasteiger partial charge in [0.05, 0.1) is 38.3 Å². The molecule has 0 aromatic heterocycles. The van der Waals surface area contributed by atoms with Crippen molar-refractivity contribution in [3.05, 3.63) is 59.7 Å². The molecule has 1 fully saturated rings. The summed E-state index contributed by atoms with van der Waals surface area (Å²) in [5.41, 5.74) is 1.28. The summed E-state index contributed by atoms with van der Waals surface area (Å²) in [7, 11) is 2.73. The van der Waals surface area contributed by atoms with Gasteiger partial charge in [-0.25, -0.2) is 0 Å². The van der Waals surface area contributed by atoms with Gasteiger partial charge in [-0.1, -0.05) is 75.6 Å². The molecule has 50 heavy (non-hydrogen) atoms. The Labute approximate surface area is 298 Å². The number of anilines is 2. The zero-order valence-corrected chi connectivity index (χ0v) is 31.1. The molecule has 10 heteroatoms. The van der Waals surface area contributed by atoms with E-state index in [0.717, 1.165) is 73.9 Å². The molecule has 1 saturated heterocycles. The van der Waals surface area contributed by atoms with E-state index in [1.165, 1.54) is 27.1 Å². The van der Waals surface area contributed by atoms with Crippen LogP contribution in [0.1, 0.15) is 103 Å². The summed E-state index contributed by atoms with van der Waals surface area (Å²) >= 11 is 0. The van der Waals surface area contributed by atoms with Gasteiger partial charge >= 0.3 is 11.9 Å². The predicted octanol–water partition coefficient (Wildman–Crippen LogP) is 6.99. The minimum absolute atomic E-state index is 0.165. The third kappa shape index (κ3) is 12.8. The highest BCUT2D eigenvalue weighted by Gasteiger charge is 2.41. The minimum atomic E-state index is -0.920. The van der Waals surface area contributed by atoms with E-state index in [4.69, 9.17) is 18.9 Å². The van der Waals surface area contributed by atoms with Crippen LogP contribution >= 0.6 is 0 Å². The van der Waals surface area contributed by atoms with Crippen molar-refractivity contribution in [2.24, 2.45) is 0 Å². The number of carbonyl (C=O) groups excluding carboxylic acids is 4. The quantitative estimate of drug-likeness (QED) is 0.298. The first-order chi connectivity index (χ1) is 23.9. The van der Waals surface area contributed by atoms with Crippen LogP contribution in [-0.4, -0.2) is 75.5 Å². The van der Waals surface area contributed by atoms with Gasteiger partial charge in [-0.15, -0.1) is 0 Å². The molecule has 0 saturated carbocycles. The standard InChI is InChI=1S/C40H58N2O8/c1-39(2)40(3,4)50-30-36(44)42(34-23-19-32(20-24-34)28-38(46)48-6)26-16-14-12-10-8-7-9-11-13-15-25-41(35(43)29-49-39)33-21-17-31(18-22-33)27-37(45)47-5/h17-24H,7-16,25-30H2,1-6H3. The lowest BCUT2D eigenvalue weighted by molar-refractivity contribution is -0.181. The number of rotatable bonds is 6. The Morgan fingerprint density at radius 2 is 0.860 bits per heavy atom. The molecule has 0 spiro atoms. The number of amides is 2. The summed E-state index contributed by atoms with van der Waals surface area (Å²) < 4.78 is 22.1. The molecule has 2 aromatic carbocycles. The summed E-state index contributed by atoms with van der Waals surface area (Å²) in [5.74, 6) is -0.975. The molecule has 0 radical (unpaired) electrons. The van der Waals surface area contributed by atoms with Crippen molar-refractivity contribution in [1.29, 1.82) is 0 Å². The Balaban J connectivity index is 1.77. The van der Waals surface area contributed by atoms with Gasteiger partial charge in [0.15, 0.2) is 0 Å². The highest BCUT2D eigenvalue weighted by molar-refractivity contribution is 5.95. The van der Waals surface area contributed by atoms with Gasteiger partial charge in [0.2, 0.25) is 0 Å². The molecule has 10 nitrogen and oxygen atoms in total. The van der Waals surface area contributed by atoms with Crippen LogP contribution in [0.4, 0.5) is 11.4 Å². The van der Waals surface area contributed by atoms with Crippen LogP contribution in [0.25, 0.3) is 0 Å². The second-order valence-electron chi connectivity index (χ2n) is 14.1. The SMILES string of the molecule is COC(=O)Cc1ccc(N2CCCCCCCCCCCCN(c3ccc(CC(=O)OC)cc3)C(=O)COC(C)(C)C(C)(C)OCC2=O)cc1. The number of carbonyl (C=O) groups is 4. The molecule has 0 unspecified atom stereocenters. The van der Waals surface area contributed by atoms with E-state index in [0.29, 0.717) is 13.1 Å². The Morgan fingerprint density at radius 1 is 0.560 bits per heavy atom. The second-order valence-corrected chi connectivity index (χ2v) is 14.1. The fraction of sp³-hybridized carbons (Fsp3) is 0.600. The van der Waals surface area contributed by atoms with Gasteiger partial charge in [-0.05, 0) is 75.9 Å². The number of hydrogen-bond donors (Lipinski definition) is 0. The first kappa shape index (κ1) is 40.7. The zero-order valence-electron chi connectivity index (χ0n) is 31.1. The number of nitrogens with zero attached hydrogens (tertiary/aromatic N) is 2. The molecule has 1 aliphatic heterocycles. The van der Waals surface area contributed by atoms with Crippen LogP contribution in [0, 0.1) is 0 Å². The Bertz CT molecular complexity index is 1270. The molecule has 0 bridgehead atoms. The van der Waals surface area contributed by atoms with E-state index in [-0.39, 0.29) is 49.8 Å². The van der Waals surface area contributed by atoms with Gasteiger partial charge in [0, 0.05) is 24.5 Å². The maximum Gasteiger partial charge on any atom is 0.309 e. The highest BCUT2D eigenvalue weighted by Crippen LogP contribution is 2.30. The van der Waals surface area contributed by atoms with Crippen molar-refractivity contribution in [2.75, 3.05) is 50.3 Å². The van der Waals surface area contributed by atoms with E-state index in [9.17, 15) is 19.2 Å². The molecule has 1 heterocycles. The van der Waals surface area contributed by atoms with Crippen molar-refractivity contribution >= 4 is 35.1 Å². The van der Waals surface area contributed by atoms with Crippen molar-refractivity contribution in [1.82, 2.24) is 0 Å². The van der Waals surface area contributed by atoms with Crippen LogP contribution in [0.3, 0.4) is 0 Å². The van der Waals surface area contributed by atoms with Crippen molar-refractivity contribution in [3.63, 3.8) is 0 Å². The third-order valence-corrected chi connectivity index (χ3v) is 9.83. The van der Waals surface area contributed by atoms with Crippen LogP contribution in [0.15, 0.2) is 48.5 Å². The zero-order chi connectivity index (χ0) is 36.6. The predicted molar refractivity (Wildman–Crippen MR) is 195 cm³/mol. The fourth-order valence-electron chi connectivity index (χ4n) is 5.80. The largest absolute Gasteiger partial charge is 0.469 e. The van der Waals surface area contributed by atoms with Crippen LogP contribution in [0.2, 0.25) is 0 Å².